The van der Waals surface area contributed by atoms with E-state index in [4.69, 9.17) is 21.1 Å². The van der Waals surface area contributed by atoms with Gasteiger partial charge in [-0.15, -0.1) is 0 Å². The number of carbonyl (C=O) groups is 1. The summed E-state index contributed by atoms with van der Waals surface area (Å²) in [4.78, 5) is 12.4. The van der Waals surface area contributed by atoms with E-state index in [1.165, 1.54) is 6.42 Å². The molecule has 1 aliphatic rings. The van der Waals surface area contributed by atoms with Crippen LogP contribution in [0.2, 0.25) is 5.02 Å². The van der Waals surface area contributed by atoms with Gasteiger partial charge in [-0.3, -0.25) is 4.79 Å². The highest BCUT2D eigenvalue weighted by Gasteiger charge is 2.18. The minimum atomic E-state index is -0.131. The minimum Gasteiger partial charge on any atom is -0.490 e. The number of rotatable bonds is 10. The van der Waals surface area contributed by atoms with Crippen LogP contribution >= 0.6 is 11.6 Å². The summed E-state index contributed by atoms with van der Waals surface area (Å²) in [5, 5.41) is 6.72. The molecule has 1 fully saturated rings. The zero-order chi connectivity index (χ0) is 18.1. The van der Waals surface area contributed by atoms with Crippen molar-refractivity contribution in [3.05, 3.63) is 22.7 Å². The first kappa shape index (κ1) is 19.9. The number of nitrogens with one attached hydrogen (secondary N) is 2. The van der Waals surface area contributed by atoms with Crippen molar-refractivity contribution in [3.8, 4) is 11.5 Å². The van der Waals surface area contributed by atoms with Crippen LogP contribution in [0.15, 0.2) is 12.1 Å². The lowest BCUT2D eigenvalue weighted by atomic mass is 10.1. The Morgan fingerprint density at radius 1 is 1.36 bits per heavy atom. The molecule has 2 rings (SSSR count). The molecule has 0 aromatic heterocycles. The van der Waals surface area contributed by atoms with Crippen LogP contribution < -0.4 is 20.1 Å². The molecule has 25 heavy (non-hydrogen) atoms. The molecule has 0 radical (unpaired) electrons. The molecule has 6 heteroatoms. The van der Waals surface area contributed by atoms with E-state index in [0.717, 1.165) is 32.4 Å². The molecule has 1 amide bonds. The summed E-state index contributed by atoms with van der Waals surface area (Å²) in [7, 11) is 0. The SMILES string of the molecule is CCCCOc1c(Cl)cc(C(=O)NCCC2CCNC2)cc1OCC. The summed E-state index contributed by atoms with van der Waals surface area (Å²) in [6, 6.07) is 3.36. The van der Waals surface area contributed by atoms with Gasteiger partial charge in [-0.25, -0.2) is 0 Å². The molecule has 1 unspecified atom stereocenters. The smallest absolute Gasteiger partial charge is 0.251 e. The maximum absolute atomic E-state index is 12.4. The summed E-state index contributed by atoms with van der Waals surface area (Å²) in [5.74, 6) is 1.56. The fourth-order valence-electron chi connectivity index (χ4n) is 2.87. The van der Waals surface area contributed by atoms with Gasteiger partial charge in [-0.2, -0.15) is 0 Å². The first-order valence-corrected chi connectivity index (χ1v) is 9.61. The molecule has 1 aromatic carbocycles. The maximum Gasteiger partial charge on any atom is 0.251 e. The topological polar surface area (TPSA) is 59.6 Å². The molecule has 140 valence electrons. The van der Waals surface area contributed by atoms with Gasteiger partial charge >= 0.3 is 0 Å². The van der Waals surface area contributed by atoms with E-state index in [2.05, 4.69) is 17.6 Å². The Balaban J connectivity index is 1.99. The van der Waals surface area contributed by atoms with Gasteiger partial charge in [0.1, 0.15) is 0 Å². The lowest BCUT2D eigenvalue weighted by Gasteiger charge is -2.15. The second kappa shape index (κ2) is 10.5. The molecule has 0 saturated carbocycles. The lowest BCUT2D eigenvalue weighted by molar-refractivity contribution is 0.0951. The van der Waals surface area contributed by atoms with Gasteiger partial charge in [0.25, 0.3) is 5.91 Å². The molecule has 0 bridgehead atoms. The highest BCUT2D eigenvalue weighted by Crippen LogP contribution is 2.36. The van der Waals surface area contributed by atoms with Crippen molar-refractivity contribution in [2.24, 2.45) is 5.92 Å². The molecule has 1 atom stereocenters. The molecule has 0 spiro atoms. The summed E-state index contributed by atoms with van der Waals surface area (Å²) >= 11 is 6.34. The molecule has 1 aromatic rings. The third-order valence-corrected chi connectivity index (χ3v) is 4.60. The monoisotopic (exact) mass is 368 g/mol. The van der Waals surface area contributed by atoms with Gasteiger partial charge in [-0.1, -0.05) is 24.9 Å². The number of hydrogen-bond acceptors (Lipinski definition) is 4. The van der Waals surface area contributed by atoms with Gasteiger partial charge in [0.2, 0.25) is 0 Å². The van der Waals surface area contributed by atoms with E-state index < -0.39 is 0 Å². The third kappa shape index (κ3) is 6.08. The fourth-order valence-corrected chi connectivity index (χ4v) is 3.14. The molecule has 1 aliphatic heterocycles. The quantitative estimate of drug-likeness (QED) is 0.619. The third-order valence-electron chi connectivity index (χ3n) is 4.32. The van der Waals surface area contributed by atoms with Gasteiger partial charge in [-0.05, 0) is 57.3 Å². The van der Waals surface area contributed by atoms with Crippen LogP contribution in [0.1, 0.15) is 49.9 Å². The molecular formula is C19H29ClN2O3. The van der Waals surface area contributed by atoms with Crippen molar-refractivity contribution in [2.45, 2.75) is 39.5 Å². The van der Waals surface area contributed by atoms with Gasteiger partial charge < -0.3 is 20.1 Å². The normalized spacial score (nSPS) is 16.7. The van der Waals surface area contributed by atoms with E-state index in [-0.39, 0.29) is 5.91 Å². The first-order valence-electron chi connectivity index (χ1n) is 9.23. The van der Waals surface area contributed by atoms with Crippen LogP contribution in [0.5, 0.6) is 11.5 Å². The summed E-state index contributed by atoms with van der Waals surface area (Å²) in [5.41, 5.74) is 0.501. The van der Waals surface area contributed by atoms with Crippen LogP contribution in [-0.2, 0) is 0 Å². The zero-order valence-corrected chi connectivity index (χ0v) is 16.0. The van der Waals surface area contributed by atoms with Crippen molar-refractivity contribution in [1.82, 2.24) is 10.6 Å². The summed E-state index contributed by atoms with van der Waals surface area (Å²) in [6.45, 7) is 7.85. The number of halogens is 1. The zero-order valence-electron chi connectivity index (χ0n) is 15.2. The Kier molecular flexibility index (Phi) is 8.35. The van der Waals surface area contributed by atoms with Crippen LogP contribution in [0.4, 0.5) is 0 Å². The van der Waals surface area contributed by atoms with Crippen LogP contribution in [0.3, 0.4) is 0 Å². The Morgan fingerprint density at radius 2 is 2.20 bits per heavy atom. The molecule has 5 nitrogen and oxygen atoms in total. The maximum atomic E-state index is 12.4. The number of hydrogen-bond donors (Lipinski definition) is 2. The number of ether oxygens (including phenoxy) is 2. The van der Waals surface area contributed by atoms with E-state index in [0.29, 0.717) is 47.8 Å². The number of carbonyl (C=O) groups excluding carboxylic acids is 1. The van der Waals surface area contributed by atoms with Gasteiger partial charge in [0.05, 0.1) is 18.2 Å². The molecule has 1 heterocycles. The highest BCUT2D eigenvalue weighted by molar-refractivity contribution is 6.32. The standard InChI is InChI=1S/C19H29ClN2O3/c1-3-5-10-25-18-16(20)11-15(12-17(18)24-4-2)19(23)22-9-7-14-6-8-21-13-14/h11-12,14,21H,3-10,13H2,1-2H3,(H,22,23). The van der Waals surface area contributed by atoms with Crippen LogP contribution in [-0.4, -0.2) is 38.8 Å². The average Bonchev–Trinajstić information content (AvgIpc) is 3.10. The van der Waals surface area contributed by atoms with Crippen LogP contribution in [0.25, 0.3) is 0 Å². The number of amides is 1. The molecule has 1 saturated heterocycles. The fraction of sp³-hybridized carbons (Fsp3) is 0.632. The van der Waals surface area contributed by atoms with Crippen molar-refractivity contribution < 1.29 is 14.3 Å². The van der Waals surface area contributed by atoms with Gasteiger partial charge in [0.15, 0.2) is 11.5 Å². The Hall–Kier alpha value is -1.46. The lowest BCUT2D eigenvalue weighted by Crippen LogP contribution is -2.26. The molecule has 0 aliphatic carbocycles. The minimum absolute atomic E-state index is 0.131. The van der Waals surface area contributed by atoms with Crippen molar-refractivity contribution in [2.75, 3.05) is 32.8 Å². The number of benzene rings is 1. The summed E-state index contributed by atoms with van der Waals surface area (Å²) in [6.07, 6.45) is 4.15. The largest absolute Gasteiger partial charge is 0.490 e. The van der Waals surface area contributed by atoms with E-state index in [1.54, 1.807) is 12.1 Å². The van der Waals surface area contributed by atoms with Crippen LogP contribution in [0, 0.1) is 5.92 Å². The molecule has 2 N–H and O–H groups in total. The Morgan fingerprint density at radius 3 is 2.88 bits per heavy atom. The Bertz CT molecular complexity index is 560. The van der Waals surface area contributed by atoms with Crippen molar-refractivity contribution in [1.29, 1.82) is 0 Å². The first-order chi connectivity index (χ1) is 12.2. The highest BCUT2D eigenvalue weighted by atomic mass is 35.5. The van der Waals surface area contributed by atoms with E-state index in [1.807, 2.05) is 6.92 Å². The number of unbranched alkanes of at least 4 members (excludes halogenated alkanes) is 1. The second-order valence-corrected chi connectivity index (χ2v) is 6.73. The average molecular weight is 369 g/mol. The van der Waals surface area contributed by atoms with E-state index >= 15 is 0 Å². The summed E-state index contributed by atoms with van der Waals surface area (Å²) < 4.78 is 11.4. The Labute approximate surface area is 155 Å². The second-order valence-electron chi connectivity index (χ2n) is 6.32. The van der Waals surface area contributed by atoms with E-state index in [9.17, 15) is 4.79 Å². The van der Waals surface area contributed by atoms with Crippen molar-refractivity contribution >= 4 is 17.5 Å². The predicted octanol–water partition coefficient (Wildman–Crippen LogP) is 3.65. The van der Waals surface area contributed by atoms with Crippen molar-refractivity contribution in [3.63, 3.8) is 0 Å². The predicted molar refractivity (Wildman–Crippen MR) is 101 cm³/mol. The van der Waals surface area contributed by atoms with Gasteiger partial charge in [0, 0.05) is 12.1 Å². The molecular weight excluding hydrogens is 340 g/mol.